The van der Waals surface area contributed by atoms with Gasteiger partial charge < -0.3 is 5.32 Å². The molecule has 1 N–H and O–H groups in total. The molecule has 120 valence electrons. The van der Waals surface area contributed by atoms with E-state index in [0.29, 0.717) is 10.7 Å². The van der Waals surface area contributed by atoms with Crippen LogP contribution in [-0.2, 0) is 4.79 Å². The average molecular weight is 337 g/mol. The van der Waals surface area contributed by atoms with Crippen LogP contribution in [0.5, 0.6) is 0 Å². The highest BCUT2D eigenvalue weighted by Gasteiger charge is 2.32. The van der Waals surface area contributed by atoms with Gasteiger partial charge in [-0.1, -0.05) is 72.4 Å². The molecule has 0 saturated carbocycles. The Hall–Kier alpha value is -2.73. The highest BCUT2D eigenvalue weighted by molar-refractivity contribution is 8.15. The molecule has 2 aromatic carbocycles. The van der Waals surface area contributed by atoms with Gasteiger partial charge in [0.15, 0.2) is 11.0 Å². The van der Waals surface area contributed by atoms with Crippen molar-refractivity contribution in [3.63, 3.8) is 0 Å². The molecular weight excluding hydrogens is 322 g/mol. The smallest absolute Gasteiger partial charge is 0.240 e. The molecule has 0 aromatic heterocycles. The predicted octanol–water partition coefficient (Wildman–Crippen LogP) is 2.88. The molecule has 1 fully saturated rings. The molecule has 1 unspecified atom stereocenters. The molecule has 0 bridgehead atoms. The van der Waals surface area contributed by atoms with Crippen molar-refractivity contribution >= 4 is 34.8 Å². The van der Waals surface area contributed by atoms with Gasteiger partial charge in [-0.3, -0.25) is 9.59 Å². The number of nitrogens with one attached hydrogen (secondary N) is 1. The van der Waals surface area contributed by atoms with Crippen molar-refractivity contribution < 1.29 is 9.59 Å². The lowest BCUT2D eigenvalue weighted by Gasteiger charge is -2.04. The second-order valence-electron chi connectivity index (χ2n) is 5.15. The van der Waals surface area contributed by atoms with Crippen molar-refractivity contribution in [2.75, 3.05) is 0 Å². The fraction of sp³-hybridized carbons (Fsp3) is 0.111. The number of hydrogen-bond donors (Lipinski definition) is 1. The number of hydrogen-bond acceptors (Lipinski definition) is 5. The molecule has 5 nitrogen and oxygen atoms in total. The number of thioether (sulfide) groups is 1. The number of carbonyl (C=O) groups excluding carboxylic acids is 2. The first kappa shape index (κ1) is 16.1. The summed E-state index contributed by atoms with van der Waals surface area (Å²) in [6, 6.07) is 18.5. The van der Waals surface area contributed by atoms with Crippen molar-refractivity contribution in [2.45, 2.75) is 11.7 Å². The van der Waals surface area contributed by atoms with Crippen LogP contribution in [0.2, 0.25) is 0 Å². The average Bonchev–Trinajstić information content (AvgIpc) is 2.96. The summed E-state index contributed by atoms with van der Waals surface area (Å²) in [6.45, 7) is 0. The van der Waals surface area contributed by atoms with Gasteiger partial charge in [0.2, 0.25) is 5.91 Å². The van der Waals surface area contributed by atoms with Crippen molar-refractivity contribution in [2.24, 2.45) is 10.2 Å². The van der Waals surface area contributed by atoms with Gasteiger partial charge in [-0.25, -0.2) is 0 Å². The first-order valence-corrected chi connectivity index (χ1v) is 8.32. The molecule has 0 spiro atoms. The van der Waals surface area contributed by atoms with Crippen LogP contribution in [0.25, 0.3) is 0 Å². The third-order valence-electron chi connectivity index (χ3n) is 3.40. The van der Waals surface area contributed by atoms with E-state index in [4.69, 9.17) is 0 Å². The lowest BCUT2D eigenvalue weighted by atomic mass is 10.1. The Morgan fingerprint density at radius 1 is 1.08 bits per heavy atom. The number of benzene rings is 2. The van der Waals surface area contributed by atoms with E-state index in [1.807, 2.05) is 36.4 Å². The number of amidine groups is 1. The molecule has 0 radical (unpaired) electrons. The molecule has 3 rings (SSSR count). The Kier molecular flexibility index (Phi) is 5.18. The molecule has 24 heavy (non-hydrogen) atoms. The second kappa shape index (κ2) is 7.70. The summed E-state index contributed by atoms with van der Waals surface area (Å²) >= 11 is 1.23. The van der Waals surface area contributed by atoms with Crippen molar-refractivity contribution in [3.05, 3.63) is 71.8 Å². The van der Waals surface area contributed by atoms with E-state index >= 15 is 0 Å². The number of amides is 1. The van der Waals surface area contributed by atoms with E-state index in [2.05, 4.69) is 15.5 Å². The summed E-state index contributed by atoms with van der Waals surface area (Å²) < 4.78 is 0. The van der Waals surface area contributed by atoms with Crippen LogP contribution >= 0.6 is 11.8 Å². The summed E-state index contributed by atoms with van der Waals surface area (Å²) in [5, 5.41) is 10.6. The normalized spacial score (nSPS) is 18.9. The molecule has 6 heteroatoms. The van der Waals surface area contributed by atoms with Crippen LogP contribution in [0.15, 0.2) is 70.9 Å². The van der Waals surface area contributed by atoms with Gasteiger partial charge in [0.25, 0.3) is 0 Å². The fourth-order valence-corrected chi connectivity index (χ4v) is 3.11. The molecule has 0 aliphatic carbocycles. The molecule has 1 heterocycles. The summed E-state index contributed by atoms with van der Waals surface area (Å²) in [5.74, 6) is -0.268. The lowest BCUT2D eigenvalue weighted by molar-refractivity contribution is -0.118. The summed E-state index contributed by atoms with van der Waals surface area (Å²) in [5.41, 5.74) is 1.53. The zero-order valence-corrected chi connectivity index (χ0v) is 13.6. The summed E-state index contributed by atoms with van der Waals surface area (Å²) in [7, 11) is 0. The van der Waals surface area contributed by atoms with E-state index in [9.17, 15) is 9.59 Å². The number of Topliss-reactive ketones (excluding diaryl/α,β-unsaturated/α-hetero) is 1. The van der Waals surface area contributed by atoms with E-state index in [0.717, 1.165) is 5.56 Å². The van der Waals surface area contributed by atoms with Crippen LogP contribution in [0.1, 0.15) is 22.3 Å². The van der Waals surface area contributed by atoms with Crippen LogP contribution < -0.4 is 5.32 Å². The maximum atomic E-state index is 12.2. The number of carbonyl (C=O) groups is 2. The molecule has 1 amide bonds. The minimum absolute atomic E-state index is 0.0581. The monoisotopic (exact) mass is 337 g/mol. The first-order valence-electron chi connectivity index (χ1n) is 7.44. The fourth-order valence-electron chi connectivity index (χ4n) is 2.18. The quantitative estimate of drug-likeness (QED) is 0.518. The van der Waals surface area contributed by atoms with Gasteiger partial charge in [0.1, 0.15) is 0 Å². The van der Waals surface area contributed by atoms with Crippen molar-refractivity contribution in [1.82, 2.24) is 5.32 Å². The zero-order valence-electron chi connectivity index (χ0n) is 12.8. The van der Waals surface area contributed by atoms with Gasteiger partial charge in [-0.05, 0) is 5.56 Å². The topological polar surface area (TPSA) is 70.9 Å². The summed E-state index contributed by atoms with van der Waals surface area (Å²) in [6.07, 6.45) is 1.75. The molecule has 1 aliphatic heterocycles. The highest BCUT2D eigenvalue weighted by Crippen LogP contribution is 2.24. The minimum Gasteiger partial charge on any atom is -0.303 e. The maximum Gasteiger partial charge on any atom is 0.240 e. The van der Waals surface area contributed by atoms with Gasteiger partial charge in [0.05, 0.1) is 11.5 Å². The molecule has 1 atom stereocenters. The van der Waals surface area contributed by atoms with Crippen LogP contribution in [-0.4, -0.2) is 28.3 Å². The Balaban J connectivity index is 1.60. The van der Waals surface area contributed by atoms with Crippen molar-refractivity contribution in [1.29, 1.82) is 0 Å². The Labute approximate surface area is 143 Å². The third kappa shape index (κ3) is 4.17. The Morgan fingerprint density at radius 2 is 1.75 bits per heavy atom. The van der Waals surface area contributed by atoms with Crippen molar-refractivity contribution in [3.8, 4) is 0 Å². The highest BCUT2D eigenvalue weighted by atomic mass is 32.2. The SMILES string of the molecule is O=C(CC1SC(=NN=Cc2ccccc2)NC1=O)c1ccccc1. The third-order valence-corrected chi connectivity index (χ3v) is 4.47. The summed E-state index contributed by atoms with van der Waals surface area (Å²) in [4.78, 5) is 24.2. The van der Waals surface area contributed by atoms with E-state index in [-0.39, 0.29) is 18.1 Å². The van der Waals surface area contributed by atoms with E-state index in [1.165, 1.54) is 11.8 Å². The van der Waals surface area contributed by atoms with Crippen LogP contribution in [0.3, 0.4) is 0 Å². The van der Waals surface area contributed by atoms with E-state index < -0.39 is 5.25 Å². The van der Waals surface area contributed by atoms with E-state index in [1.54, 1.807) is 30.5 Å². The predicted molar refractivity (Wildman–Crippen MR) is 96.4 cm³/mol. The number of rotatable bonds is 5. The molecular formula is C18H15N3O2S. The lowest BCUT2D eigenvalue weighted by Crippen LogP contribution is -2.26. The second-order valence-corrected chi connectivity index (χ2v) is 6.34. The Morgan fingerprint density at radius 3 is 2.46 bits per heavy atom. The Bertz CT molecular complexity index is 788. The first-order chi connectivity index (χ1) is 11.7. The van der Waals surface area contributed by atoms with Gasteiger partial charge in [-0.2, -0.15) is 5.10 Å². The van der Waals surface area contributed by atoms with Crippen LogP contribution in [0, 0.1) is 0 Å². The zero-order chi connectivity index (χ0) is 16.8. The van der Waals surface area contributed by atoms with Gasteiger partial charge >= 0.3 is 0 Å². The molecule has 1 saturated heterocycles. The molecule has 1 aliphatic rings. The van der Waals surface area contributed by atoms with Gasteiger partial charge in [-0.15, -0.1) is 5.10 Å². The standard InChI is InChI=1S/C18H15N3O2S/c22-15(14-9-5-2-6-10-14)11-16-17(23)20-18(24-16)21-19-12-13-7-3-1-4-8-13/h1-10,12,16H,11H2,(H,20,21,23). The van der Waals surface area contributed by atoms with Gasteiger partial charge in [0, 0.05) is 12.0 Å². The number of ketones is 1. The minimum atomic E-state index is -0.469. The number of nitrogens with zero attached hydrogens (tertiary/aromatic N) is 2. The van der Waals surface area contributed by atoms with Crippen LogP contribution in [0.4, 0.5) is 0 Å². The molecule has 2 aromatic rings. The maximum absolute atomic E-state index is 12.2. The largest absolute Gasteiger partial charge is 0.303 e.